The average molecular weight is 296 g/mol. The SMILES string of the molecule is C=CCC1CCC(=O)O1.CC(=O)C(=O)c1c(N)o[nH]c1=O. The summed E-state index contributed by atoms with van der Waals surface area (Å²) >= 11 is 0. The van der Waals surface area contributed by atoms with Gasteiger partial charge in [0.1, 0.15) is 6.10 Å². The first-order valence-corrected chi connectivity index (χ1v) is 6.19. The van der Waals surface area contributed by atoms with Gasteiger partial charge in [-0.3, -0.25) is 19.2 Å². The number of aromatic amines is 1. The topological polar surface area (TPSA) is 132 Å². The molecule has 1 aliphatic rings. The summed E-state index contributed by atoms with van der Waals surface area (Å²) in [6.45, 7) is 4.61. The molecular formula is C13H16N2O6. The maximum Gasteiger partial charge on any atom is 0.306 e. The van der Waals surface area contributed by atoms with Crippen LogP contribution in [0.25, 0.3) is 0 Å². The second kappa shape index (κ2) is 7.22. The minimum atomic E-state index is -0.942. The van der Waals surface area contributed by atoms with Gasteiger partial charge >= 0.3 is 5.97 Å². The maximum atomic E-state index is 10.9. The van der Waals surface area contributed by atoms with Crippen LogP contribution in [0.15, 0.2) is 22.0 Å². The van der Waals surface area contributed by atoms with E-state index in [1.54, 1.807) is 6.08 Å². The van der Waals surface area contributed by atoms with Gasteiger partial charge in [0.15, 0.2) is 5.56 Å². The minimum Gasteiger partial charge on any atom is -0.462 e. The maximum absolute atomic E-state index is 10.9. The van der Waals surface area contributed by atoms with E-state index < -0.39 is 22.7 Å². The molecule has 1 aromatic heterocycles. The van der Waals surface area contributed by atoms with E-state index in [0.717, 1.165) is 19.8 Å². The number of Topliss-reactive ketones (excluding diaryl/α,β-unsaturated/α-hetero) is 2. The third kappa shape index (κ3) is 4.44. The Bertz CT molecular complexity index is 612. The van der Waals surface area contributed by atoms with Crippen LogP contribution in [0, 0.1) is 0 Å². The van der Waals surface area contributed by atoms with Gasteiger partial charge in [-0.05, 0) is 6.42 Å². The van der Waals surface area contributed by atoms with Gasteiger partial charge in [-0.1, -0.05) is 6.08 Å². The summed E-state index contributed by atoms with van der Waals surface area (Å²) in [6, 6.07) is 0. The van der Waals surface area contributed by atoms with Crippen molar-refractivity contribution in [2.75, 3.05) is 5.73 Å². The number of aromatic nitrogens is 1. The van der Waals surface area contributed by atoms with E-state index in [-0.39, 0.29) is 18.0 Å². The summed E-state index contributed by atoms with van der Waals surface area (Å²) < 4.78 is 9.23. The fourth-order valence-corrected chi connectivity index (χ4v) is 1.64. The van der Waals surface area contributed by atoms with Crippen LogP contribution >= 0.6 is 0 Å². The number of nitrogens with one attached hydrogen (secondary N) is 1. The Labute approximate surface area is 119 Å². The molecule has 0 bridgehead atoms. The monoisotopic (exact) mass is 296 g/mol. The van der Waals surface area contributed by atoms with Gasteiger partial charge in [0.2, 0.25) is 17.5 Å². The lowest BCUT2D eigenvalue weighted by atomic mass is 10.1. The highest BCUT2D eigenvalue weighted by molar-refractivity contribution is 6.43. The van der Waals surface area contributed by atoms with E-state index in [1.807, 2.05) is 5.16 Å². The molecule has 1 atom stereocenters. The van der Waals surface area contributed by atoms with Crippen LogP contribution in [0.4, 0.5) is 5.88 Å². The van der Waals surface area contributed by atoms with E-state index in [4.69, 9.17) is 10.5 Å². The third-order valence-electron chi connectivity index (χ3n) is 2.67. The predicted molar refractivity (Wildman–Crippen MR) is 72.7 cm³/mol. The third-order valence-corrected chi connectivity index (χ3v) is 2.67. The molecule has 0 saturated carbocycles. The van der Waals surface area contributed by atoms with E-state index in [1.165, 1.54) is 0 Å². The quantitative estimate of drug-likeness (QED) is 0.359. The molecule has 1 saturated heterocycles. The highest BCUT2D eigenvalue weighted by Crippen LogP contribution is 2.16. The van der Waals surface area contributed by atoms with Crippen molar-refractivity contribution in [3.05, 3.63) is 28.6 Å². The second-order valence-electron chi connectivity index (χ2n) is 4.33. The molecule has 3 N–H and O–H groups in total. The number of carbonyl (C=O) groups is 3. The first-order chi connectivity index (χ1) is 9.86. The highest BCUT2D eigenvalue weighted by atomic mass is 16.5. The number of anilines is 1. The molecule has 1 aliphatic heterocycles. The molecule has 114 valence electrons. The minimum absolute atomic E-state index is 0.0677. The van der Waals surface area contributed by atoms with Crippen molar-refractivity contribution in [1.82, 2.24) is 5.16 Å². The number of H-pyrrole nitrogens is 1. The van der Waals surface area contributed by atoms with E-state index in [9.17, 15) is 19.2 Å². The summed E-state index contributed by atoms with van der Waals surface area (Å²) in [5, 5.41) is 1.84. The Morgan fingerprint density at radius 3 is 2.52 bits per heavy atom. The molecule has 0 spiro atoms. The Hall–Kier alpha value is -2.64. The number of rotatable bonds is 4. The lowest BCUT2D eigenvalue weighted by Crippen LogP contribution is -2.19. The van der Waals surface area contributed by atoms with Crippen molar-refractivity contribution in [2.24, 2.45) is 0 Å². The van der Waals surface area contributed by atoms with Crippen LogP contribution in [-0.4, -0.2) is 28.8 Å². The zero-order chi connectivity index (χ0) is 16.0. The Morgan fingerprint density at radius 2 is 2.14 bits per heavy atom. The van der Waals surface area contributed by atoms with E-state index in [2.05, 4.69) is 11.1 Å². The number of hydrogen-bond donors (Lipinski definition) is 2. The van der Waals surface area contributed by atoms with Crippen molar-refractivity contribution < 1.29 is 23.6 Å². The Balaban J connectivity index is 0.000000219. The number of nitrogen functional groups attached to an aromatic ring is 1. The summed E-state index contributed by atoms with van der Waals surface area (Å²) in [6.07, 6.45) is 4.15. The standard InChI is InChI=1S/C7H10O2.C6H6N2O4/c1-2-3-6-4-5-7(8)9-6;1-2(9)4(10)3-5(7)12-8-6(3)11/h2,6H,1,3-5H2;7H2,1H3,(H,8,11). The molecule has 21 heavy (non-hydrogen) atoms. The molecule has 0 amide bonds. The van der Waals surface area contributed by atoms with Crippen molar-refractivity contribution in [1.29, 1.82) is 0 Å². The molecular weight excluding hydrogens is 280 g/mol. The molecule has 1 unspecified atom stereocenters. The molecule has 0 radical (unpaired) electrons. The van der Waals surface area contributed by atoms with Crippen LogP contribution in [0.3, 0.4) is 0 Å². The number of cyclic esters (lactones) is 1. The zero-order valence-corrected chi connectivity index (χ0v) is 11.5. The lowest BCUT2D eigenvalue weighted by Gasteiger charge is -2.02. The predicted octanol–water partition coefficient (Wildman–Crippen LogP) is 0.590. The zero-order valence-electron chi connectivity index (χ0n) is 11.5. The summed E-state index contributed by atoms with van der Waals surface area (Å²) in [5.41, 5.74) is 3.90. The van der Waals surface area contributed by atoms with Gasteiger partial charge in [-0.25, -0.2) is 0 Å². The average Bonchev–Trinajstić information content (AvgIpc) is 2.97. The lowest BCUT2D eigenvalue weighted by molar-refractivity contribution is -0.141. The van der Waals surface area contributed by atoms with Crippen LogP contribution in [0.1, 0.15) is 36.5 Å². The van der Waals surface area contributed by atoms with Gasteiger partial charge in [-0.15, -0.1) is 6.58 Å². The summed E-state index contributed by atoms with van der Waals surface area (Å²) in [5.74, 6) is -2.13. The Kier molecular flexibility index (Phi) is 5.65. The first-order valence-electron chi connectivity index (χ1n) is 6.19. The van der Waals surface area contributed by atoms with Crippen molar-refractivity contribution in [2.45, 2.75) is 32.3 Å². The summed E-state index contributed by atoms with van der Waals surface area (Å²) in [7, 11) is 0. The molecule has 0 aromatic carbocycles. The number of ketones is 2. The normalized spacial score (nSPS) is 16.6. The fraction of sp³-hybridized carbons (Fsp3) is 0.385. The van der Waals surface area contributed by atoms with Crippen LogP contribution < -0.4 is 11.3 Å². The van der Waals surface area contributed by atoms with Crippen LogP contribution in [0.5, 0.6) is 0 Å². The molecule has 2 heterocycles. The molecule has 0 aliphatic carbocycles. The van der Waals surface area contributed by atoms with Crippen LogP contribution in [-0.2, 0) is 14.3 Å². The number of esters is 1. The van der Waals surface area contributed by atoms with Gasteiger partial charge in [0.05, 0.1) is 0 Å². The van der Waals surface area contributed by atoms with Crippen molar-refractivity contribution >= 4 is 23.4 Å². The summed E-state index contributed by atoms with van der Waals surface area (Å²) in [4.78, 5) is 42.7. The second-order valence-corrected chi connectivity index (χ2v) is 4.33. The van der Waals surface area contributed by atoms with Gasteiger partial charge in [0.25, 0.3) is 5.56 Å². The van der Waals surface area contributed by atoms with Crippen molar-refractivity contribution in [3.8, 4) is 0 Å². The first kappa shape index (κ1) is 16.4. The number of hydrogen-bond acceptors (Lipinski definition) is 7. The fourth-order valence-electron chi connectivity index (χ4n) is 1.64. The Morgan fingerprint density at radius 1 is 1.48 bits per heavy atom. The largest absolute Gasteiger partial charge is 0.462 e. The molecule has 1 fully saturated rings. The van der Waals surface area contributed by atoms with E-state index in [0.29, 0.717) is 6.42 Å². The van der Waals surface area contributed by atoms with Gasteiger partial charge in [-0.2, -0.15) is 5.16 Å². The molecule has 8 heteroatoms. The van der Waals surface area contributed by atoms with E-state index >= 15 is 0 Å². The molecule has 8 nitrogen and oxygen atoms in total. The smallest absolute Gasteiger partial charge is 0.306 e. The number of ether oxygens (including phenoxy) is 1. The van der Waals surface area contributed by atoms with Gasteiger partial charge in [0, 0.05) is 19.8 Å². The highest BCUT2D eigenvalue weighted by Gasteiger charge is 2.22. The number of carbonyl (C=O) groups excluding carboxylic acids is 3. The van der Waals surface area contributed by atoms with Crippen molar-refractivity contribution in [3.63, 3.8) is 0 Å². The van der Waals surface area contributed by atoms with Gasteiger partial charge < -0.3 is 15.0 Å². The molecule has 2 rings (SSSR count). The van der Waals surface area contributed by atoms with Crippen LogP contribution in [0.2, 0.25) is 0 Å². The number of nitrogens with two attached hydrogens (primary N) is 1. The molecule has 1 aromatic rings.